The molecule has 21 heavy (non-hydrogen) atoms. The van der Waals surface area contributed by atoms with Crippen molar-refractivity contribution in [3.05, 3.63) is 36.0 Å². The molecule has 0 amide bonds. The zero-order valence-electron chi connectivity index (χ0n) is 11.9. The predicted octanol–water partition coefficient (Wildman–Crippen LogP) is 1.39. The second-order valence-corrected chi connectivity index (χ2v) is 6.72. The summed E-state index contributed by atoms with van der Waals surface area (Å²) in [5, 5.41) is 7.89. The van der Waals surface area contributed by atoms with Crippen LogP contribution in [0.2, 0.25) is 0 Å². The van der Waals surface area contributed by atoms with Crippen molar-refractivity contribution in [2.45, 2.75) is 18.7 Å². The van der Waals surface area contributed by atoms with Crippen LogP contribution in [0.3, 0.4) is 0 Å². The topological polar surface area (TPSA) is 109 Å². The van der Waals surface area contributed by atoms with Crippen molar-refractivity contribution in [3.63, 3.8) is 0 Å². The minimum absolute atomic E-state index is 0.0480. The zero-order chi connectivity index (χ0) is 15.6. The Morgan fingerprint density at radius 1 is 1.43 bits per heavy atom. The molecule has 0 aliphatic carbocycles. The third kappa shape index (κ3) is 3.20. The van der Waals surface area contributed by atoms with Gasteiger partial charge < -0.3 is 5.73 Å². The smallest absolute Gasteiger partial charge is 0.241 e. The first-order chi connectivity index (χ1) is 9.83. The number of amidine groups is 1. The third-order valence-electron chi connectivity index (χ3n) is 3.33. The number of aryl methyl sites for hydroxylation is 1. The Labute approximate surface area is 123 Å². The van der Waals surface area contributed by atoms with E-state index in [1.807, 2.05) is 6.92 Å². The largest absolute Gasteiger partial charge is 0.387 e. The molecule has 2 aromatic rings. The number of fused-ring (bicyclic) bond motifs is 1. The number of nitrogens with one attached hydrogen (secondary N) is 2. The van der Waals surface area contributed by atoms with E-state index >= 15 is 0 Å². The summed E-state index contributed by atoms with van der Waals surface area (Å²) in [6.07, 6.45) is 1.64. The molecule has 1 aromatic heterocycles. The number of sulfonamides is 1. The Bertz CT molecular complexity index is 787. The van der Waals surface area contributed by atoms with Gasteiger partial charge in [-0.2, -0.15) is 0 Å². The maximum absolute atomic E-state index is 12.4. The summed E-state index contributed by atoms with van der Waals surface area (Å²) in [4.78, 5) is 4.42. The predicted molar refractivity (Wildman–Crippen MR) is 82.7 cm³/mol. The SMILES string of the molecule is Cc1ccc(S(=O)(=O)NCC(C)C(=N)N)c2cccnc12. The van der Waals surface area contributed by atoms with Crippen LogP contribution in [0.15, 0.2) is 35.4 Å². The van der Waals surface area contributed by atoms with Gasteiger partial charge in [-0.3, -0.25) is 10.4 Å². The molecule has 1 heterocycles. The van der Waals surface area contributed by atoms with Gasteiger partial charge >= 0.3 is 0 Å². The van der Waals surface area contributed by atoms with Crippen LogP contribution in [0.5, 0.6) is 0 Å². The summed E-state index contributed by atoms with van der Waals surface area (Å²) < 4.78 is 27.4. The van der Waals surface area contributed by atoms with Crippen LogP contribution in [0.1, 0.15) is 12.5 Å². The van der Waals surface area contributed by atoms with Gasteiger partial charge in [0.05, 0.1) is 16.2 Å². The molecule has 0 bridgehead atoms. The van der Waals surface area contributed by atoms with E-state index < -0.39 is 10.0 Å². The highest BCUT2D eigenvalue weighted by Gasteiger charge is 2.19. The van der Waals surface area contributed by atoms with Crippen molar-refractivity contribution in [1.82, 2.24) is 9.71 Å². The summed E-state index contributed by atoms with van der Waals surface area (Å²) in [7, 11) is -3.67. The van der Waals surface area contributed by atoms with Crippen LogP contribution in [0, 0.1) is 18.3 Å². The molecule has 112 valence electrons. The van der Waals surface area contributed by atoms with Crippen LogP contribution in [-0.4, -0.2) is 25.8 Å². The van der Waals surface area contributed by atoms with E-state index in [9.17, 15) is 8.42 Å². The Hall–Kier alpha value is -1.99. The van der Waals surface area contributed by atoms with Crippen molar-refractivity contribution >= 4 is 26.8 Å². The van der Waals surface area contributed by atoms with E-state index in [-0.39, 0.29) is 23.2 Å². The van der Waals surface area contributed by atoms with E-state index in [1.165, 1.54) is 0 Å². The molecule has 0 aliphatic rings. The van der Waals surface area contributed by atoms with Crippen LogP contribution in [0.4, 0.5) is 0 Å². The molecule has 6 nitrogen and oxygen atoms in total. The lowest BCUT2D eigenvalue weighted by molar-refractivity contribution is 0.575. The summed E-state index contributed by atoms with van der Waals surface area (Å²) in [6.45, 7) is 3.67. The summed E-state index contributed by atoms with van der Waals surface area (Å²) in [6, 6.07) is 6.75. The van der Waals surface area contributed by atoms with E-state index in [0.29, 0.717) is 10.9 Å². The van der Waals surface area contributed by atoms with E-state index in [4.69, 9.17) is 11.1 Å². The van der Waals surface area contributed by atoms with Crippen molar-refractivity contribution in [2.24, 2.45) is 11.7 Å². The monoisotopic (exact) mass is 306 g/mol. The van der Waals surface area contributed by atoms with E-state index in [1.54, 1.807) is 37.4 Å². The Morgan fingerprint density at radius 3 is 2.81 bits per heavy atom. The molecule has 7 heteroatoms. The molecule has 0 fully saturated rings. The average molecular weight is 306 g/mol. The van der Waals surface area contributed by atoms with Gasteiger partial charge in [0.2, 0.25) is 10.0 Å². The lowest BCUT2D eigenvalue weighted by atomic mass is 10.1. The van der Waals surface area contributed by atoms with E-state index in [2.05, 4.69) is 9.71 Å². The van der Waals surface area contributed by atoms with E-state index in [0.717, 1.165) is 5.56 Å². The van der Waals surface area contributed by atoms with Crippen molar-refractivity contribution in [2.75, 3.05) is 6.54 Å². The molecule has 4 N–H and O–H groups in total. The van der Waals surface area contributed by atoms with Crippen molar-refractivity contribution < 1.29 is 8.42 Å². The Balaban J connectivity index is 2.41. The minimum Gasteiger partial charge on any atom is -0.387 e. The number of rotatable bonds is 5. The van der Waals surface area contributed by atoms with Crippen LogP contribution >= 0.6 is 0 Å². The molecule has 0 radical (unpaired) electrons. The second kappa shape index (κ2) is 5.79. The van der Waals surface area contributed by atoms with Gasteiger partial charge in [-0.05, 0) is 30.7 Å². The lowest BCUT2D eigenvalue weighted by Crippen LogP contribution is -2.34. The molecule has 0 saturated carbocycles. The van der Waals surface area contributed by atoms with Gasteiger partial charge in [0.15, 0.2) is 0 Å². The average Bonchev–Trinajstić information content (AvgIpc) is 2.45. The van der Waals surface area contributed by atoms with Crippen LogP contribution in [-0.2, 0) is 10.0 Å². The second-order valence-electron chi connectivity index (χ2n) is 4.99. The summed E-state index contributed by atoms with van der Waals surface area (Å²) in [5.74, 6) is -0.400. The van der Waals surface area contributed by atoms with Crippen LogP contribution < -0.4 is 10.5 Å². The zero-order valence-corrected chi connectivity index (χ0v) is 12.7. The van der Waals surface area contributed by atoms with Gasteiger partial charge in [-0.15, -0.1) is 0 Å². The fourth-order valence-electron chi connectivity index (χ4n) is 1.94. The molecule has 0 aliphatic heterocycles. The molecular formula is C14H18N4O2S. The van der Waals surface area contributed by atoms with Gasteiger partial charge in [-0.1, -0.05) is 13.0 Å². The minimum atomic E-state index is -3.67. The number of nitrogens with two attached hydrogens (primary N) is 1. The molecule has 1 unspecified atom stereocenters. The maximum Gasteiger partial charge on any atom is 0.241 e. The number of nitrogens with zero attached hydrogens (tertiary/aromatic N) is 1. The van der Waals surface area contributed by atoms with Crippen molar-refractivity contribution in [3.8, 4) is 0 Å². The molecule has 0 saturated heterocycles. The molecule has 1 aromatic carbocycles. The highest BCUT2D eigenvalue weighted by atomic mass is 32.2. The van der Waals surface area contributed by atoms with Crippen LogP contribution in [0.25, 0.3) is 10.9 Å². The first-order valence-corrected chi connectivity index (χ1v) is 7.99. The van der Waals surface area contributed by atoms with Gasteiger partial charge in [-0.25, -0.2) is 13.1 Å². The standard InChI is InChI=1S/C14H18N4O2S/c1-9-5-6-12(11-4-3-7-17-13(9)11)21(19,20)18-8-10(2)14(15)16/h3-7,10,18H,8H2,1-2H3,(H3,15,16). The molecular weight excluding hydrogens is 288 g/mol. The Morgan fingerprint density at radius 2 is 2.14 bits per heavy atom. The summed E-state index contributed by atoms with van der Waals surface area (Å²) in [5.41, 5.74) is 6.94. The fraction of sp³-hybridized carbons (Fsp3) is 0.286. The first kappa shape index (κ1) is 15.4. The number of hydrogen-bond acceptors (Lipinski definition) is 4. The number of aromatic nitrogens is 1. The molecule has 0 spiro atoms. The normalized spacial score (nSPS) is 13.2. The van der Waals surface area contributed by atoms with Gasteiger partial charge in [0, 0.05) is 24.0 Å². The molecule has 1 atom stereocenters. The van der Waals surface area contributed by atoms with Gasteiger partial charge in [0.25, 0.3) is 0 Å². The highest BCUT2D eigenvalue weighted by Crippen LogP contribution is 2.24. The van der Waals surface area contributed by atoms with Crippen molar-refractivity contribution in [1.29, 1.82) is 5.41 Å². The number of hydrogen-bond donors (Lipinski definition) is 3. The molecule has 2 rings (SSSR count). The Kier molecular flexibility index (Phi) is 4.24. The number of benzene rings is 1. The summed E-state index contributed by atoms with van der Waals surface area (Å²) >= 11 is 0. The van der Waals surface area contributed by atoms with Gasteiger partial charge in [0.1, 0.15) is 0 Å². The lowest BCUT2D eigenvalue weighted by Gasteiger charge is -2.13. The first-order valence-electron chi connectivity index (χ1n) is 6.51. The number of pyridine rings is 1. The third-order valence-corrected chi connectivity index (χ3v) is 4.81. The quantitative estimate of drug-likeness (QED) is 0.573. The maximum atomic E-state index is 12.4. The highest BCUT2D eigenvalue weighted by molar-refractivity contribution is 7.89. The fourth-order valence-corrected chi connectivity index (χ4v) is 3.27.